The lowest BCUT2D eigenvalue weighted by molar-refractivity contribution is -0.133. The molecule has 0 radical (unpaired) electrons. The second-order valence-corrected chi connectivity index (χ2v) is 9.64. The van der Waals surface area contributed by atoms with Crippen LogP contribution in [0.5, 0.6) is 0 Å². The third-order valence-electron chi connectivity index (χ3n) is 5.69. The maximum atomic E-state index is 12.5. The first-order valence-electron chi connectivity index (χ1n) is 11.4. The molecule has 1 aliphatic rings. The molecule has 1 N–H and O–H groups in total. The van der Waals surface area contributed by atoms with Crippen molar-refractivity contribution in [2.24, 2.45) is 0 Å². The number of halogens is 1. The molecule has 7 nitrogen and oxygen atoms in total. The van der Waals surface area contributed by atoms with Crippen LogP contribution in [0.4, 0.5) is 5.82 Å². The molecular weight excluding hydrogens is 458 g/mol. The lowest BCUT2D eigenvalue weighted by atomic mass is 10.1. The van der Waals surface area contributed by atoms with Crippen LogP contribution in [0.3, 0.4) is 0 Å². The number of amides is 2. The van der Waals surface area contributed by atoms with E-state index in [-0.39, 0.29) is 29.7 Å². The van der Waals surface area contributed by atoms with Crippen molar-refractivity contribution >= 4 is 41.0 Å². The fourth-order valence-corrected chi connectivity index (χ4v) is 4.75. The van der Waals surface area contributed by atoms with Gasteiger partial charge in [0, 0.05) is 38.2 Å². The highest BCUT2D eigenvalue weighted by atomic mass is 35.5. The molecule has 9 heteroatoms. The maximum absolute atomic E-state index is 12.5. The monoisotopic (exact) mass is 489 g/mol. The molecule has 2 unspecified atom stereocenters. The zero-order valence-electron chi connectivity index (χ0n) is 19.5. The van der Waals surface area contributed by atoms with Gasteiger partial charge in [0.15, 0.2) is 5.16 Å². The number of hydrogen-bond donors (Lipinski definition) is 1. The maximum Gasteiger partial charge on any atom is 0.230 e. The first-order chi connectivity index (χ1) is 15.9. The summed E-state index contributed by atoms with van der Waals surface area (Å²) in [5.74, 6) is 1.06. The largest absolute Gasteiger partial charge is 0.353 e. The summed E-state index contributed by atoms with van der Waals surface area (Å²) in [5.41, 5.74) is 1.05. The minimum Gasteiger partial charge on any atom is -0.353 e. The van der Waals surface area contributed by atoms with Crippen LogP contribution >= 0.6 is 23.4 Å². The Labute approximate surface area is 205 Å². The van der Waals surface area contributed by atoms with Crippen molar-refractivity contribution in [1.29, 1.82) is 0 Å². The Kier molecular flexibility index (Phi) is 9.38. The van der Waals surface area contributed by atoms with Crippen LogP contribution in [0.25, 0.3) is 0 Å². The highest BCUT2D eigenvalue weighted by molar-refractivity contribution is 7.99. The smallest absolute Gasteiger partial charge is 0.230 e. The number of nitrogens with zero attached hydrogens (tertiary/aromatic N) is 4. The van der Waals surface area contributed by atoms with Gasteiger partial charge in [0.2, 0.25) is 11.8 Å². The molecule has 2 aromatic rings. The number of carbonyl (C=O) groups excluding carboxylic acids is 2. The number of benzene rings is 1. The van der Waals surface area contributed by atoms with Crippen molar-refractivity contribution in [3.05, 3.63) is 47.1 Å². The first-order valence-corrected chi connectivity index (χ1v) is 12.8. The van der Waals surface area contributed by atoms with Crippen molar-refractivity contribution < 1.29 is 9.59 Å². The first kappa shape index (κ1) is 25.3. The summed E-state index contributed by atoms with van der Waals surface area (Å²) in [6.07, 6.45) is 2.54. The molecule has 1 aliphatic heterocycles. The van der Waals surface area contributed by atoms with Crippen LogP contribution in [0.15, 0.2) is 41.6 Å². The molecule has 1 aromatic heterocycles. The van der Waals surface area contributed by atoms with Gasteiger partial charge in [-0.3, -0.25) is 9.59 Å². The summed E-state index contributed by atoms with van der Waals surface area (Å²) in [7, 11) is 0. The molecule has 0 saturated carbocycles. The van der Waals surface area contributed by atoms with Crippen LogP contribution in [0.2, 0.25) is 5.15 Å². The van der Waals surface area contributed by atoms with Gasteiger partial charge >= 0.3 is 0 Å². The molecule has 3 rings (SSSR count). The summed E-state index contributed by atoms with van der Waals surface area (Å²) in [6.45, 7) is 8.15. The van der Waals surface area contributed by atoms with Gasteiger partial charge in [0.25, 0.3) is 0 Å². The van der Waals surface area contributed by atoms with Gasteiger partial charge in [0.05, 0.1) is 11.8 Å². The lowest BCUT2D eigenvalue weighted by Gasteiger charge is -2.40. The van der Waals surface area contributed by atoms with E-state index < -0.39 is 0 Å². The summed E-state index contributed by atoms with van der Waals surface area (Å²) in [6, 6.07) is 11.6. The molecule has 178 valence electrons. The van der Waals surface area contributed by atoms with Crippen LogP contribution in [-0.2, 0) is 9.59 Å². The number of rotatable bonds is 9. The molecular formula is C24H32ClN5O2S. The number of hydrogen-bond acceptors (Lipinski definition) is 6. The number of thioether (sulfide) groups is 1. The van der Waals surface area contributed by atoms with Gasteiger partial charge in [-0.25, -0.2) is 9.97 Å². The van der Waals surface area contributed by atoms with Crippen molar-refractivity contribution in [2.45, 2.75) is 57.3 Å². The van der Waals surface area contributed by atoms with Gasteiger partial charge in [-0.15, -0.1) is 0 Å². The highest BCUT2D eigenvalue weighted by Gasteiger charge is 2.28. The predicted molar refractivity (Wildman–Crippen MR) is 134 cm³/mol. The summed E-state index contributed by atoms with van der Waals surface area (Å²) in [5, 5.41) is 3.81. The van der Waals surface area contributed by atoms with Gasteiger partial charge in [-0.05, 0) is 25.8 Å². The number of carbonyl (C=O) groups is 2. The normalized spacial score (nSPS) is 17.0. The molecule has 1 aromatic carbocycles. The highest BCUT2D eigenvalue weighted by Crippen LogP contribution is 2.24. The standard InChI is InChI=1S/C24H32ClN5O2S/c1-4-5-11-23(32)30-13-12-29(15-17(30)2)21-14-20(25)27-24(28-21)33-16-22(31)26-18(3)19-9-7-6-8-10-19/h6-10,14,17-18H,4-5,11-13,15-16H2,1-3H3,(H,26,31). The van der Waals surface area contributed by atoms with Crippen LogP contribution < -0.4 is 10.2 Å². The van der Waals surface area contributed by atoms with Crippen LogP contribution in [-0.4, -0.2) is 58.1 Å². The Bertz CT molecular complexity index is 946. The van der Waals surface area contributed by atoms with E-state index in [0.29, 0.717) is 36.4 Å². The number of piperazine rings is 1. The quantitative estimate of drug-likeness (QED) is 0.321. The average Bonchev–Trinajstić information content (AvgIpc) is 2.81. The van der Waals surface area contributed by atoms with E-state index in [1.54, 1.807) is 6.07 Å². The molecule has 1 saturated heterocycles. The topological polar surface area (TPSA) is 78.4 Å². The fraction of sp³-hybridized carbons (Fsp3) is 0.500. The van der Waals surface area contributed by atoms with Crippen LogP contribution in [0.1, 0.15) is 51.6 Å². The molecule has 2 heterocycles. The second-order valence-electron chi connectivity index (χ2n) is 8.31. The third-order valence-corrected chi connectivity index (χ3v) is 6.73. The van der Waals surface area contributed by atoms with Gasteiger partial charge < -0.3 is 15.1 Å². The summed E-state index contributed by atoms with van der Waals surface area (Å²) in [4.78, 5) is 37.9. The second kappa shape index (κ2) is 12.2. The molecule has 0 spiro atoms. The minimum atomic E-state index is -0.0886. The number of aromatic nitrogens is 2. The summed E-state index contributed by atoms with van der Waals surface area (Å²) >= 11 is 7.53. The lowest BCUT2D eigenvalue weighted by Crippen LogP contribution is -2.54. The third kappa shape index (κ3) is 7.33. The zero-order valence-corrected chi connectivity index (χ0v) is 21.0. The number of nitrogens with one attached hydrogen (secondary N) is 1. The van der Waals surface area contributed by atoms with Crippen molar-refractivity contribution in [1.82, 2.24) is 20.2 Å². The van der Waals surface area contributed by atoms with Crippen molar-refractivity contribution in [3.8, 4) is 0 Å². The van der Waals surface area contributed by atoms with E-state index in [0.717, 1.165) is 24.2 Å². The molecule has 0 bridgehead atoms. The van der Waals surface area contributed by atoms with E-state index in [4.69, 9.17) is 11.6 Å². The fourth-order valence-electron chi connectivity index (χ4n) is 3.86. The van der Waals surface area contributed by atoms with Crippen molar-refractivity contribution in [2.75, 3.05) is 30.3 Å². The Morgan fingerprint density at radius 2 is 2.00 bits per heavy atom. The number of anilines is 1. The Morgan fingerprint density at radius 1 is 1.24 bits per heavy atom. The molecule has 0 aliphatic carbocycles. The molecule has 2 atom stereocenters. The molecule has 33 heavy (non-hydrogen) atoms. The minimum absolute atomic E-state index is 0.0760. The SMILES string of the molecule is CCCCC(=O)N1CCN(c2cc(Cl)nc(SCC(=O)NC(C)c3ccccc3)n2)CC1C. The van der Waals surface area contributed by atoms with Crippen LogP contribution in [0, 0.1) is 0 Å². The van der Waals surface area contributed by atoms with E-state index in [2.05, 4.69) is 34.0 Å². The van der Waals surface area contributed by atoms with E-state index in [1.807, 2.05) is 42.2 Å². The number of unbranched alkanes of at least 4 members (excludes halogenated alkanes) is 1. The van der Waals surface area contributed by atoms with Gasteiger partial charge in [0.1, 0.15) is 11.0 Å². The molecule has 1 fully saturated rings. The van der Waals surface area contributed by atoms with E-state index >= 15 is 0 Å². The average molecular weight is 490 g/mol. The Balaban J connectivity index is 1.56. The molecule has 2 amide bonds. The summed E-state index contributed by atoms with van der Waals surface area (Å²) < 4.78 is 0. The zero-order chi connectivity index (χ0) is 23.8. The Hall–Kier alpha value is -2.32. The Morgan fingerprint density at radius 3 is 2.70 bits per heavy atom. The van der Waals surface area contributed by atoms with E-state index in [1.165, 1.54) is 11.8 Å². The van der Waals surface area contributed by atoms with Gasteiger partial charge in [-0.2, -0.15) is 0 Å². The van der Waals surface area contributed by atoms with E-state index in [9.17, 15) is 9.59 Å². The van der Waals surface area contributed by atoms with Crippen molar-refractivity contribution in [3.63, 3.8) is 0 Å². The van der Waals surface area contributed by atoms with Gasteiger partial charge in [-0.1, -0.05) is 67.0 Å². The predicted octanol–water partition coefficient (Wildman–Crippen LogP) is 4.33.